The van der Waals surface area contributed by atoms with Gasteiger partial charge in [-0.15, -0.1) is 0 Å². The van der Waals surface area contributed by atoms with Crippen molar-refractivity contribution in [1.82, 2.24) is 9.78 Å². The molecule has 2 heterocycles. The topological polar surface area (TPSA) is 42.7 Å². The first kappa shape index (κ1) is 15.6. The Kier molecular flexibility index (Phi) is 4.11. The maximum Gasteiger partial charge on any atom is 0.158 e. The zero-order valence-electron chi connectivity index (χ0n) is 14.6. The van der Waals surface area contributed by atoms with Crippen molar-refractivity contribution >= 4 is 17.7 Å². The van der Waals surface area contributed by atoms with Crippen LogP contribution in [0.5, 0.6) is 0 Å². The zero-order chi connectivity index (χ0) is 16.6. The first-order valence-corrected chi connectivity index (χ1v) is 8.00. The lowest BCUT2D eigenvalue weighted by Crippen LogP contribution is -2.26. The molecule has 0 atom stereocenters. The molecule has 0 radical (unpaired) electrons. The Hall–Kier alpha value is -2.30. The van der Waals surface area contributed by atoms with E-state index in [4.69, 9.17) is 9.94 Å². The molecule has 122 valence electrons. The van der Waals surface area contributed by atoms with Gasteiger partial charge in [-0.1, -0.05) is 22.9 Å². The van der Waals surface area contributed by atoms with Crippen LogP contribution in [0, 0.1) is 20.8 Å². The maximum absolute atomic E-state index is 4.84. The molecule has 1 aromatic carbocycles. The molecule has 0 spiro atoms. The monoisotopic (exact) mass is 312 g/mol. The van der Waals surface area contributed by atoms with E-state index in [1.807, 2.05) is 11.7 Å². The molecular formula is C18H24N4O. The van der Waals surface area contributed by atoms with E-state index in [1.54, 1.807) is 13.3 Å². The SMILES string of the molecule is CON=Cc1c2c(nn1C)N(c1c(C)cc(C)cc1C)CCC2. The van der Waals surface area contributed by atoms with Crippen LogP contribution in [-0.4, -0.2) is 29.6 Å². The molecule has 0 N–H and O–H groups in total. The number of nitrogens with zero attached hydrogens (tertiary/aromatic N) is 4. The van der Waals surface area contributed by atoms with Crippen molar-refractivity contribution in [3.63, 3.8) is 0 Å². The van der Waals surface area contributed by atoms with Crippen molar-refractivity contribution in [3.8, 4) is 0 Å². The summed E-state index contributed by atoms with van der Waals surface area (Å²) in [5, 5.41) is 8.69. The Balaban J connectivity index is 2.12. The summed E-state index contributed by atoms with van der Waals surface area (Å²) >= 11 is 0. The first-order valence-electron chi connectivity index (χ1n) is 8.00. The quantitative estimate of drug-likeness (QED) is 0.644. The van der Waals surface area contributed by atoms with E-state index < -0.39 is 0 Å². The summed E-state index contributed by atoms with van der Waals surface area (Å²) in [5.41, 5.74) is 7.45. The fourth-order valence-corrected chi connectivity index (χ4v) is 3.62. The molecule has 1 aliphatic heterocycles. The molecule has 0 amide bonds. The second kappa shape index (κ2) is 6.07. The van der Waals surface area contributed by atoms with Gasteiger partial charge in [-0.25, -0.2) is 0 Å². The number of aryl methyl sites for hydroxylation is 4. The summed E-state index contributed by atoms with van der Waals surface area (Å²) in [7, 11) is 3.52. The summed E-state index contributed by atoms with van der Waals surface area (Å²) in [6, 6.07) is 4.49. The minimum absolute atomic E-state index is 0.996. The van der Waals surface area contributed by atoms with Crippen molar-refractivity contribution < 1.29 is 4.84 Å². The maximum atomic E-state index is 4.84. The van der Waals surface area contributed by atoms with Crippen LogP contribution in [-0.2, 0) is 18.3 Å². The second-order valence-electron chi connectivity index (χ2n) is 6.23. The fourth-order valence-electron chi connectivity index (χ4n) is 3.62. The highest BCUT2D eigenvalue weighted by Gasteiger charge is 2.27. The minimum Gasteiger partial charge on any atom is -0.399 e. The van der Waals surface area contributed by atoms with Crippen molar-refractivity contribution in [2.45, 2.75) is 33.6 Å². The molecule has 1 aromatic heterocycles. The van der Waals surface area contributed by atoms with E-state index in [0.29, 0.717) is 0 Å². The summed E-state index contributed by atoms with van der Waals surface area (Å²) in [6.45, 7) is 7.50. The summed E-state index contributed by atoms with van der Waals surface area (Å²) in [5.74, 6) is 1.05. The van der Waals surface area contributed by atoms with E-state index in [1.165, 1.54) is 27.9 Å². The molecule has 2 aromatic rings. The predicted octanol–water partition coefficient (Wildman–Crippen LogP) is 3.41. The number of aromatic nitrogens is 2. The number of fused-ring (bicyclic) bond motifs is 1. The van der Waals surface area contributed by atoms with Crippen molar-refractivity contribution in [2.24, 2.45) is 12.2 Å². The summed E-state index contributed by atoms with van der Waals surface area (Å²) in [6.07, 6.45) is 3.89. The molecule has 1 aliphatic rings. The summed E-state index contributed by atoms with van der Waals surface area (Å²) < 4.78 is 1.89. The van der Waals surface area contributed by atoms with Gasteiger partial charge in [0.15, 0.2) is 5.82 Å². The molecule has 0 fully saturated rings. The van der Waals surface area contributed by atoms with Crippen LogP contribution >= 0.6 is 0 Å². The van der Waals surface area contributed by atoms with Crippen LogP contribution < -0.4 is 4.90 Å². The Bertz CT molecular complexity index is 738. The second-order valence-corrected chi connectivity index (χ2v) is 6.23. The third-order valence-electron chi connectivity index (χ3n) is 4.42. The molecule has 23 heavy (non-hydrogen) atoms. The summed E-state index contributed by atoms with van der Waals surface area (Å²) in [4.78, 5) is 7.19. The minimum atomic E-state index is 0.996. The highest BCUT2D eigenvalue weighted by atomic mass is 16.6. The smallest absolute Gasteiger partial charge is 0.158 e. The van der Waals surface area contributed by atoms with E-state index in [2.05, 4.69) is 43.0 Å². The van der Waals surface area contributed by atoms with Gasteiger partial charge in [-0.2, -0.15) is 5.10 Å². The molecule has 0 saturated heterocycles. The molecule has 0 saturated carbocycles. The lowest BCUT2D eigenvalue weighted by atomic mass is 10.00. The van der Waals surface area contributed by atoms with Gasteiger partial charge in [0.05, 0.1) is 11.9 Å². The molecular weight excluding hydrogens is 288 g/mol. The third-order valence-corrected chi connectivity index (χ3v) is 4.42. The van der Waals surface area contributed by atoms with Crippen LogP contribution in [0.4, 0.5) is 11.5 Å². The van der Waals surface area contributed by atoms with E-state index in [9.17, 15) is 0 Å². The molecule has 0 unspecified atom stereocenters. The Morgan fingerprint density at radius 2 is 1.91 bits per heavy atom. The van der Waals surface area contributed by atoms with Crippen molar-refractivity contribution in [1.29, 1.82) is 0 Å². The lowest BCUT2D eigenvalue weighted by Gasteiger charge is -2.30. The Morgan fingerprint density at radius 3 is 2.57 bits per heavy atom. The average Bonchev–Trinajstić information content (AvgIpc) is 2.80. The van der Waals surface area contributed by atoms with Gasteiger partial charge in [-0.3, -0.25) is 4.68 Å². The number of hydrogen-bond acceptors (Lipinski definition) is 4. The molecule has 3 rings (SSSR count). The highest BCUT2D eigenvalue weighted by molar-refractivity contribution is 5.84. The number of oxime groups is 1. The van der Waals surface area contributed by atoms with Crippen LogP contribution in [0.3, 0.4) is 0 Å². The third kappa shape index (κ3) is 2.71. The normalized spacial score (nSPS) is 14.4. The molecule has 0 bridgehead atoms. The number of anilines is 2. The number of benzene rings is 1. The lowest BCUT2D eigenvalue weighted by molar-refractivity contribution is 0.215. The average molecular weight is 312 g/mol. The van der Waals surface area contributed by atoms with Crippen molar-refractivity contribution in [2.75, 3.05) is 18.6 Å². The van der Waals surface area contributed by atoms with Crippen LogP contribution in [0.1, 0.15) is 34.4 Å². The standard InChI is InChI=1S/C18H24N4O/c1-12-9-13(2)17(14(3)10-12)22-8-6-7-15-16(11-19-23-5)21(4)20-18(15)22/h9-11H,6-8H2,1-5H3. The largest absolute Gasteiger partial charge is 0.399 e. The van der Waals surface area contributed by atoms with E-state index in [0.717, 1.165) is 30.9 Å². The fraction of sp³-hybridized carbons (Fsp3) is 0.444. The predicted molar refractivity (Wildman–Crippen MR) is 93.8 cm³/mol. The van der Waals surface area contributed by atoms with Crippen LogP contribution in [0.15, 0.2) is 17.3 Å². The number of hydrogen-bond donors (Lipinski definition) is 0. The van der Waals surface area contributed by atoms with Crippen molar-refractivity contribution in [3.05, 3.63) is 40.1 Å². The van der Waals surface area contributed by atoms with Gasteiger partial charge in [-0.05, 0) is 44.7 Å². The Morgan fingerprint density at radius 1 is 1.22 bits per heavy atom. The molecule has 0 aliphatic carbocycles. The van der Waals surface area contributed by atoms with E-state index in [-0.39, 0.29) is 0 Å². The molecule has 5 heteroatoms. The van der Waals surface area contributed by atoms with Gasteiger partial charge in [0.1, 0.15) is 7.11 Å². The van der Waals surface area contributed by atoms with Gasteiger partial charge >= 0.3 is 0 Å². The number of rotatable bonds is 3. The Labute approximate surface area is 137 Å². The van der Waals surface area contributed by atoms with Gasteiger partial charge in [0.2, 0.25) is 0 Å². The van der Waals surface area contributed by atoms with Gasteiger partial charge in [0, 0.05) is 24.8 Å². The van der Waals surface area contributed by atoms with E-state index >= 15 is 0 Å². The van der Waals surface area contributed by atoms with Crippen LogP contribution in [0.2, 0.25) is 0 Å². The first-order chi connectivity index (χ1) is 11.0. The molecule has 5 nitrogen and oxygen atoms in total. The zero-order valence-corrected chi connectivity index (χ0v) is 14.6. The van der Waals surface area contributed by atoms with Gasteiger partial charge < -0.3 is 9.74 Å². The highest BCUT2D eigenvalue weighted by Crippen LogP contribution is 2.37. The van der Waals surface area contributed by atoms with Gasteiger partial charge in [0.25, 0.3) is 0 Å². The van der Waals surface area contributed by atoms with Crippen LogP contribution in [0.25, 0.3) is 0 Å².